The molecule has 0 aromatic heterocycles. The molecular weight excluding hydrogens is 286 g/mol. The van der Waals surface area contributed by atoms with Gasteiger partial charge in [0.1, 0.15) is 6.61 Å². The van der Waals surface area contributed by atoms with Crippen molar-refractivity contribution in [1.29, 1.82) is 0 Å². The van der Waals surface area contributed by atoms with Crippen LogP contribution in [0.5, 0.6) is 11.5 Å². The fourth-order valence-corrected chi connectivity index (χ4v) is 1.87. The first-order valence-corrected chi connectivity index (χ1v) is 6.47. The average molecular weight is 299 g/mol. The quantitative estimate of drug-likeness (QED) is 0.767. The Kier molecular flexibility index (Phi) is 4.79. The van der Waals surface area contributed by atoms with Crippen LogP contribution < -0.4 is 9.47 Å². The maximum absolute atomic E-state index is 13.7. The zero-order valence-electron chi connectivity index (χ0n) is 10.8. The Labute approximate surface area is 120 Å². The minimum Gasteiger partial charge on any atom is -0.494 e. The standard InChI is InChI=1S/C15H13ClF2O2/c1-19-14-4-3-11(7-12(14)17)9-20-15-5-2-10(8-16)6-13(15)18/h2-7H,8-9H2,1H3. The van der Waals surface area contributed by atoms with Gasteiger partial charge in [-0.2, -0.15) is 0 Å². The Bertz CT molecular complexity index is 602. The van der Waals surface area contributed by atoms with E-state index < -0.39 is 11.6 Å². The van der Waals surface area contributed by atoms with Crippen molar-refractivity contribution in [3.05, 3.63) is 59.2 Å². The number of hydrogen-bond acceptors (Lipinski definition) is 2. The van der Waals surface area contributed by atoms with Crippen LogP contribution in [0.25, 0.3) is 0 Å². The van der Waals surface area contributed by atoms with E-state index in [0.717, 1.165) is 0 Å². The largest absolute Gasteiger partial charge is 0.494 e. The normalized spacial score (nSPS) is 10.4. The third-order valence-corrected chi connectivity index (χ3v) is 3.07. The lowest BCUT2D eigenvalue weighted by molar-refractivity contribution is 0.289. The second-order valence-electron chi connectivity index (χ2n) is 4.16. The highest BCUT2D eigenvalue weighted by atomic mass is 35.5. The van der Waals surface area contributed by atoms with E-state index in [1.807, 2.05) is 0 Å². The average Bonchev–Trinajstić information content (AvgIpc) is 2.46. The Hall–Kier alpha value is -1.81. The molecule has 0 aliphatic heterocycles. The van der Waals surface area contributed by atoms with Gasteiger partial charge in [-0.05, 0) is 35.4 Å². The Morgan fingerprint density at radius 3 is 2.15 bits per heavy atom. The summed E-state index contributed by atoms with van der Waals surface area (Å²) in [7, 11) is 1.39. The lowest BCUT2D eigenvalue weighted by atomic mass is 10.2. The van der Waals surface area contributed by atoms with E-state index in [-0.39, 0.29) is 24.0 Å². The van der Waals surface area contributed by atoms with Gasteiger partial charge in [0, 0.05) is 5.88 Å². The fourth-order valence-electron chi connectivity index (χ4n) is 1.71. The summed E-state index contributed by atoms with van der Waals surface area (Å²) in [5.74, 6) is -0.467. The highest BCUT2D eigenvalue weighted by Crippen LogP contribution is 2.22. The summed E-state index contributed by atoms with van der Waals surface area (Å²) in [4.78, 5) is 0. The lowest BCUT2D eigenvalue weighted by Crippen LogP contribution is -1.99. The maximum Gasteiger partial charge on any atom is 0.165 e. The molecule has 2 rings (SSSR count). The molecule has 2 nitrogen and oxygen atoms in total. The van der Waals surface area contributed by atoms with Gasteiger partial charge >= 0.3 is 0 Å². The van der Waals surface area contributed by atoms with Crippen molar-refractivity contribution in [2.24, 2.45) is 0 Å². The van der Waals surface area contributed by atoms with Crippen LogP contribution in [0.1, 0.15) is 11.1 Å². The van der Waals surface area contributed by atoms with Crippen molar-refractivity contribution in [2.45, 2.75) is 12.5 Å². The van der Waals surface area contributed by atoms with Crippen LogP contribution in [0, 0.1) is 11.6 Å². The molecule has 0 radical (unpaired) electrons. The second-order valence-corrected chi connectivity index (χ2v) is 4.42. The summed E-state index contributed by atoms with van der Waals surface area (Å²) in [5, 5.41) is 0. The second kappa shape index (κ2) is 6.57. The van der Waals surface area contributed by atoms with Gasteiger partial charge in [-0.1, -0.05) is 12.1 Å². The van der Waals surface area contributed by atoms with E-state index in [1.165, 1.54) is 31.4 Å². The van der Waals surface area contributed by atoms with Crippen molar-refractivity contribution in [3.63, 3.8) is 0 Å². The van der Waals surface area contributed by atoms with E-state index in [4.69, 9.17) is 21.1 Å². The number of rotatable bonds is 5. The van der Waals surface area contributed by atoms with E-state index in [1.54, 1.807) is 12.1 Å². The van der Waals surface area contributed by atoms with Crippen LogP contribution in [0.15, 0.2) is 36.4 Å². The van der Waals surface area contributed by atoms with E-state index in [0.29, 0.717) is 11.1 Å². The Morgan fingerprint density at radius 1 is 0.950 bits per heavy atom. The summed E-state index contributed by atoms with van der Waals surface area (Å²) in [5.41, 5.74) is 1.26. The lowest BCUT2D eigenvalue weighted by Gasteiger charge is -2.09. The fraction of sp³-hybridized carbons (Fsp3) is 0.200. The first-order valence-electron chi connectivity index (χ1n) is 5.93. The molecule has 2 aromatic carbocycles. The van der Waals surface area contributed by atoms with E-state index >= 15 is 0 Å². The molecule has 0 aliphatic rings. The summed E-state index contributed by atoms with van der Waals surface area (Å²) in [6.07, 6.45) is 0. The van der Waals surface area contributed by atoms with Gasteiger partial charge in [0.2, 0.25) is 0 Å². The minimum absolute atomic E-state index is 0.0675. The maximum atomic E-state index is 13.7. The molecule has 2 aromatic rings. The van der Waals surface area contributed by atoms with Gasteiger partial charge in [-0.25, -0.2) is 8.78 Å². The van der Waals surface area contributed by atoms with Crippen LogP contribution in [-0.2, 0) is 12.5 Å². The Balaban J connectivity index is 2.07. The summed E-state index contributed by atoms with van der Waals surface area (Å²) >= 11 is 5.61. The minimum atomic E-state index is -0.489. The number of ether oxygens (including phenoxy) is 2. The molecule has 0 amide bonds. The topological polar surface area (TPSA) is 18.5 Å². The van der Waals surface area contributed by atoms with Crippen LogP contribution in [-0.4, -0.2) is 7.11 Å². The zero-order valence-corrected chi connectivity index (χ0v) is 11.6. The van der Waals surface area contributed by atoms with Gasteiger partial charge in [0.25, 0.3) is 0 Å². The third-order valence-electron chi connectivity index (χ3n) is 2.76. The molecule has 0 fully saturated rings. The molecule has 5 heteroatoms. The van der Waals surface area contributed by atoms with Crippen molar-refractivity contribution in [2.75, 3.05) is 7.11 Å². The smallest absolute Gasteiger partial charge is 0.165 e. The van der Waals surface area contributed by atoms with Gasteiger partial charge in [-0.15, -0.1) is 11.6 Å². The summed E-state index contributed by atoms with van der Waals surface area (Å²) < 4.78 is 37.3. The molecule has 0 heterocycles. The molecule has 0 aliphatic carbocycles. The first kappa shape index (κ1) is 14.6. The SMILES string of the molecule is COc1ccc(COc2ccc(CCl)cc2F)cc1F. The molecule has 0 saturated heterocycles. The van der Waals surface area contributed by atoms with E-state index in [2.05, 4.69) is 0 Å². The van der Waals surface area contributed by atoms with Crippen LogP contribution >= 0.6 is 11.6 Å². The van der Waals surface area contributed by atoms with Crippen molar-refractivity contribution >= 4 is 11.6 Å². The van der Waals surface area contributed by atoms with Crippen molar-refractivity contribution in [1.82, 2.24) is 0 Å². The molecule has 0 unspecified atom stereocenters. The zero-order chi connectivity index (χ0) is 14.5. The number of halogens is 3. The molecule has 20 heavy (non-hydrogen) atoms. The number of hydrogen-bond donors (Lipinski definition) is 0. The van der Waals surface area contributed by atoms with Crippen LogP contribution in [0.3, 0.4) is 0 Å². The molecule has 0 spiro atoms. The van der Waals surface area contributed by atoms with Crippen molar-refractivity contribution < 1.29 is 18.3 Å². The van der Waals surface area contributed by atoms with Crippen LogP contribution in [0.4, 0.5) is 8.78 Å². The predicted molar refractivity (Wildman–Crippen MR) is 73.2 cm³/mol. The Morgan fingerprint density at radius 2 is 1.55 bits per heavy atom. The van der Waals surface area contributed by atoms with Gasteiger partial charge in [0.05, 0.1) is 7.11 Å². The molecule has 0 saturated carbocycles. The van der Waals surface area contributed by atoms with Crippen molar-refractivity contribution in [3.8, 4) is 11.5 Å². The van der Waals surface area contributed by atoms with Gasteiger partial charge < -0.3 is 9.47 Å². The summed E-state index contributed by atoms with van der Waals surface area (Å²) in [6.45, 7) is 0.0675. The number of benzene rings is 2. The molecule has 0 atom stereocenters. The third kappa shape index (κ3) is 3.39. The first-order chi connectivity index (χ1) is 9.63. The molecular formula is C15H13ClF2O2. The van der Waals surface area contributed by atoms with Crippen LogP contribution in [0.2, 0.25) is 0 Å². The van der Waals surface area contributed by atoms with E-state index in [9.17, 15) is 8.78 Å². The van der Waals surface area contributed by atoms with Gasteiger partial charge in [0.15, 0.2) is 23.1 Å². The number of methoxy groups -OCH3 is 1. The summed E-state index contributed by atoms with van der Waals surface area (Å²) in [6, 6.07) is 8.96. The molecule has 0 bridgehead atoms. The predicted octanol–water partition coefficient (Wildman–Crippen LogP) is 4.29. The number of alkyl halides is 1. The molecule has 106 valence electrons. The molecule has 0 N–H and O–H groups in total. The highest BCUT2D eigenvalue weighted by Gasteiger charge is 2.07. The highest BCUT2D eigenvalue weighted by molar-refractivity contribution is 6.17. The van der Waals surface area contributed by atoms with Gasteiger partial charge in [-0.3, -0.25) is 0 Å². The monoisotopic (exact) mass is 298 g/mol.